The zero-order valence-electron chi connectivity index (χ0n) is 14.6. The van der Waals surface area contributed by atoms with Gasteiger partial charge in [0, 0.05) is 6.42 Å². The monoisotopic (exact) mass is 351 g/mol. The van der Waals surface area contributed by atoms with Crippen molar-refractivity contribution in [3.05, 3.63) is 71.8 Å². The van der Waals surface area contributed by atoms with E-state index in [0.29, 0.717) is 0 Å². The van der Waals surface area contributed by atoms with Gasteiger partial charge in [-0.3, -0.25) is 19.3 Å². The Bertz CT molecular complexity index is 818. The predicted octanol–water partition coefficient (Wildman–Crippen LogP) is 2.30. The lowest BCUT2D eigenvalue weighted by atomic mass is 9.76. The van der Waals surface area contributed by atoms with Gasteiger partial charge in [0.15, 0.2) is 5.78 Å². The van der Waals surface area contributed by atoms with Gasteiger partial charge < -0.3 is 5.11 Å². The van der Waals surface area contributed by atoms with E-state index in [1.54, 1.807) is 6.92 Å². The third kappa shape index (κ3) is 3.06. The van der Waals surface area contributed by atoms with Crippen LogP contribution in [-0.4, -0.2) is 34.2 Å². The number of carbonyl (C=O) groups excluding carboxylic acids is 3. The number of ketones is 1. The predicted molar refractivity (Wildman–Crippen MR) is 96.0 cm³/mol. The number of carbonyl (C=O) groups is 3. The number of imide groups is 1. The molecule has 2 amide bonds. The molecule has 1 aliphatic rings. The first-order chi connectivity index (χ1) is 12.5. The van der Waals surface area contributed by atoms with Gasteiger partial charge in [0.2, 0.25) is 11.8 Å². The molecule has 0 aromatic heterocycles. The van der Waals surface area contributed by atoms with Gasteiger partial charge in [-0.15, -0.1) is 0 Å². The molecule has 1 saturated heterocycles. The van der Waals surface area contributed by atoms with E-state index in [4.69, 9.17) is 0 Å². The molecule has 2 atom stereocenters. The van der Waals surface area contributed by atoms with Crippen LogP contribution < -0.4 is 0 Å². The fourth-order valence-electron chi connectivity index (χ4n) is 3.59. The molecule has 0 radical (unpaired) electrons. The van der Waals surface area contributed by atoms with E-state index < -0.39 is 29.8 Å². The van der Waals surface area contributed by atoms with E-state index in [1.165, 1.54) is 4.90 Å². The first-order valence-electron chi connectivity index (χ1n) is 8.59. The molecular weight excluding hydrogens is 330 g/mol. The fourth-order valence-corrected chi connectivity index (χ4v) is 3.59. The largest absolute Gasteiger partial charge is 0.389 e. The molecule has 2 aromatic rings. The quantitative estimate of drug-likeness (QED) is 0.640. The van der Waals surface area contributed by atoms with Crippen LogP contribution >= 0.6 is 0 Å². The highest BCUT2D eigenvalue weighted by Crippen LogP contribution is 2.41. The SMILES string of the molecule is C[C@H](c1ccccc1)N1C(=O)CC(Cc2ccccc2)(C(=O)CO)C1=O. The van der Waals surface area contributed by atoms with Crippen LogP contribution in [0.5, 0.6) is 0 Å². The number of rotatable bonds is 6. The van der Waals surface area contributed by atoms with Crippen molar-refractivity contribution in [2.45, 2.75) is 25.8 Å². The highest BCUT2D eigenvalue weighted by atomic mass is 16.3. The van der Waals surface area contributed by atoms with E-state index in [-0.39, 0.29) is 18.7 Å². The highest BCUT2D eigenvalue weighted by Gasteiger charge is 2.57. The maximum Gasteiger partial charge on any atom is 0.244 e. The van der Waals surface area contributed by atoms with Crippen LogP contribution in [-0.2, 0) is 20.8 Å². The molecular formula is C21H21NO4. The van der Waals surface area contributed by atoms with Crippen molar-refractivity contribution in [1.29, 1.82) is 0 Å². The lowest BCUT2D eigenvalue weighted by Gasteiger charge is -2.28. The molecule has 1 aliphatic heterocycles. The molecule has 5 nitrogen and oxygen atoms in total. The molecule has 5 heteroatoms. The number of hydrogen-bond acceptors (Lipinski definition) is 4. The second-order valence-corrected chi connectivity index (χ2v) is 6.66. The molecule has 0 spiro atoms. The van der Waals surface area contributed by atoms with Crippen molar-refractivity contribution in [3.63, 3.8) is 0 Å². The van der Waals surface area contributed by atoms with E-state index in [0.717, 1.165) is 11.1 Å². The normalized spacial score (nSPS) is 21.1. The molecule has 3 rings (SSSR count). The zero-order valence-corrected chi connectivity index (χ0v) is 14.6. The number of aliphatic hydroxyl groups is 1. The summed E-state index contributed by atoms with van der Waals surface area (Å²) in [7, 11) is 0. The van der Waals surface area contributed by atoms with Gasteiger partial charge in [-0.1, -0.05) is 60.7 Å². The van der Waals surface area contributed by atoms with Crippen LogP contribution in [0.15, 0.2) is 60.7 Å². The minimum absolute atomic E-state index is 0.107. The Hall–Kier alpha value is -2.79. The van der Waals surface area contributed by atoms with Gasteiger partial charge in [0.25, 0.3) is 0 Å². The number of likely N-dealkylation sites (tertiary alicyclic amines) is 1. The van der Waals surface area contributed by atoms with Gasteiger partial charge in [-0.05, 0) is 24.5 Å². The summed E-state index contributed by atoms with van der Waals surface area (Å²) in [6, 6.07) is 17.9. The Morgan fingerprint density at radius 2 is 1.65 bits per heavy atom. The lowest BCUT2D eigenvalue weighted by Crippen LogP contribution is -2.44. The van der Waals surface area contributed by atoms with Crippen LogP contribution in [0.2, 0.25) is 0 Å². The lowest BCUT2D eigenvalue weighted by molar-refractivity contribution is -0.148. The topological polar surface area (TPSA) is 74.7 Å². The Morgan fingerprint density at radius 1 is 1.08 bits per heavy atom. The number of nitrogens with zero attached hydrogens (tertiary/aromatic N) is 1. The molecule has 1 unspecified atom stereocenters. The van der Waals surface area contributed by atoms with Crippen molar-refractivity contribution in [2.24, 2.45) is 5.41 Å². The summed E-state index contributed by atoms with van der Waals surface area (Å²) < 4.78 is 0. The number of Topliss-reactive ketones (excluding diaryl/α,β-unsaturated/α-hetero) is 1. The summed E-state index contributed by atoms with van der Waals surface area (Å²) in [5.74, 6) is -1.52. The number of benzene rings is 2. The summed E-state index contributed by atoms with van der Waals surface area (Å²) in [6.07, 6.45) is -0.104. The Labute approximate surface area is 152 Å². The van der Waals surface area contributed by atoms with Crippen LogP contribution in [0.1, 0.15) is 30.5 Å². The van der Waals surface area contributed by atoms with Crippen LogP contribution in [0.3, 0.4) is 0 Å². The van der Waals surface area contributed by atoms with E-state index >= 15 is 0 Å². The highest BCUT2D eigenvalue weighted by molar-refractivity contribution is 6.18. The van der Waals surface area contributed by atoms with Crippen LogP contribution in [0.4, 0.5) is 0 Å². The molecule has 0 saturated carbocycles. The second kappa shape index (κ2) is 7.22. The standard InChI is InChI=1S/C21H21NO4/c1-15(17-10-6-3-7-11-17)22-19(25)13-21(20(22)26,18(24)14-23)12-16-8-4-2-5-9-16/h2-11,15,23H,12-14H2,1H3/t15-,21?/m1/s1. The second-order valence-electron chi connectivity index (χ2n) is 6.66. The molecule has 1 heterocycles. The molecule has 26 heavy (non-hydrogen) atoms. The molecule has 2 aromatic carbocycles. The smallest absolute Gasteiger partial charge is 0.244 e. The first-order valence-corrected chi connectivity index (χ1v) is 8.59. The summed E-state index contributed by atoms with van der Waals surface area (Å²) in [5.41, 5.74) is 0.0711. The minimum Gasteiger partial charge on any atom is -0.389 e. The maximum absolute atomic E-state index is 13.2. The van der Waals surface area contributed by atoms with Gasteiger partial charge in [0.05, 0.1) is 6.04 Å². The van der Waals surface area contributed by atoms with Crippen LogP contribution in [0, 0.1) is 5.41 Å². The molecule has 0 bridgehead atoms. The molecule has 0 aliphatic carbocycles. The van der Waals surface area contributed by atoms with E-state index in [2.05, 4.69) is 0 Å². The third-order valence-corrected chi connectivity index (χ3v) is 5.05. The van der Waals surface area contributed by atoms with Crippen molar-refractivity contribution < 1.29 is 19.5 Å². The van der Waals surface area contributed by atoms with E-state index in [1.807, 2.05) is 60.7 Å². The van der Waals surface area contributed by atoms with Crippen molar-refractivity contribution in [3.8, 4) is 0 Å². The Kier molecular flexibility index (Phi) is 5.00. The number of aliphatic hydroxyl groups excluding tert-OH is 1. The summed E-state index contributed by atoms with van der Waals surface area (Å²) in [4.78, 5) is 39.7. The van der Waals surface area contributed by atoms with Crippen molar-refractivity contribution in [1.82, 2.24) is 4.90 Å². The van der Waals surface area contributed by atoms with Gasteiger partial charge >= 0.3 is 0 Å². The number of hydrogen-bond donors (Lipinski definition) is 1. The van der Waals surface area contributed by atoms with Crippen molar-refractivity contribution >= 4 is 17.6 Å². The average Bonchev–Trinajstić information content (AvgIpc) is 2.92. The summed E-state index contributed by atoms with van der Waals surface area (Å²) in [6.45, 7) is 1.01. The van der Waals surface area contributed by atoms with Gasteiger partial charge in [-0.2, -0.15) is 0 Å². The summed E-state index contributed by atoms with van der Waals surface area (Å²) in [5, 5.41) is 9.45. The Balaban J connectivity index is 1.98. The van der Waals surface area contributed by atoms with Gasteiger partial charge in [0.1, 0.15) is 12.0 Å². The molecule has 1 fully saturated rings. The minimum atomic E-state index is -1.53. The third-order valence-electron chi connectivity index (χ3n) is 5.05. The number of amides is 2. The first kappa shape index (κ1) is 18.0. The van der Waals surface area contributed by atoms with Crippen LogP contribution in [0.25, 0.3) is 0 Å². The molecule has 134 valence electrons. The van der Waals surface area contributed by atoms with E-state index in [9.17, 15) is 19.5 Å². The molecule has 1 N–H and O–H groups in total. The summed E-state index contributed by atoms with van der Waals surface area (Å²) >= 11 is 0. The maximum atomic E-state index is 13.2. The zero-order chi connectivity index (χ0) is 18.7. The fraction of sp³-hybridized carbons (Fsp3) is 0.286. The Morgan fingerprint density at radius 3 is 2.23 bits per heavy atom. The average molecular weight is 351 g/mol. The van der Waals surface area contributed by atoms with Crippen molar-refractivity contribution in [2.75, 3.05) is 6.61 Å². The van der Waals surface area contributed by atoms with Gasteiger partial charge in [-0.25, -0.2) is 0 Å².